The molecule has 2 rings (SSSR count). The van der Waals surface area contributed by atoms with E-state index in [0.717, 1.165) is 0 Å². The van der Waals surface area contributed by atoms with Gasteiger partial charge >= 0.3 is 0 Å². The van der Waals surface area contributed by atoms with Gasteiger partial charge in [-0.2, -0.15) is 0 Å². The molecule has 0 saturated carbocycles. The van der Waals surface area contributed by atoms with Gasteiger partial charge in [-0.05, 0) is 13.0 Å². The second-order valence-electron chi connectivity index (χ2n) is 3.60. The Hall–Kier alpha value is -1.22. The van der Waals surface area contributed by atoms with Gasteiger partial charge in [-0.1, -0.05) is 0 Å². The van der Waals surface area contributed by atoms with Crippen molar-refractivity contribution in [1.82, 2.24) is 9.71 Å². The van der Waals surface area contributed by atoms with E-state index in [2.05, 4.69) is 9.71 Å². The third kappa shape index (κ3) is 2.96. The molecule has 0 aromatic carbocycles. The van der Waals surface area contributed by atoms with Gasteiger partial charge in [0.25, 0.3) is 0 Å². The first-order valence-electron chi connectivity index (χ1n) is 5.10. The van der Waals surface area contributed by atoms with Crippen LogP contribution in [0.1, 0.15) is 16.5 Å². The molecule has 0 fully saturated rings. The first kappa shape index (κ1) is 13.2. The smallest absolute Gasteiger partial charge is 0.241 e. The Balaban J connectivity index is 2.07. The zero-order valence-corrected chi connectivity index (χ0v) is 11.2. The number of nitrogens with zero attached hydrogens (tertiary/aromatic N) is 1. The van der Waals surface area contributed by atoms with Crippen LogP contribution >= 0.6 is 11.3 Å². The summed E-state index contributed by atoms with van der Waals surface area (Å²) >= 11 is 1.19. The maximum Gasteiger partial charge on any atom is 0.241 e. The Morgan fingerprint density at radius 2 is 2.33 bits per heavy atom. The van der Waals surface area contributed by atoms with E-state index in [0.29, 0.717) is 16.5 Å². The number of hydrogen-bond donors (Lipinski definition) is 2. The van der Waals surface area contributed by atoms with E-state index in [1.54, 1.807) is 6.92 Å². The monoisotopic (exact) mass is 288 g/mol. The van der Waals surface area contributed by atoms with E-state index in [4.69, 9.17) is 9.52 Å². The SMILES string of the molecule is Cc1cnc(CNS(=O)(=O)c2csc(CO)c2)o1. The topological polar surface area (TPSA) is 92.4 Å². The quantitative estimate of drug-likeness (QED) is 0.856. The summed E-state index contributed by atoms with van der Waals surface area (Å²) in [6.07, 6.45) is 1.53. The lowest BCUT2D eigenvalue weighted by atomic mass is 10.5. The molecule has 2 N–H and O–H groups in total. The molecule has 6 nitrogen and oxygen atoms in total. The molecule has 0 radical (unpaired) electrons. The standard InChI is InChI=1S/C10H12N2O4S2/c1-7-3-11-10(16-7)4-12-18(14,15)9-2-8(5-13)17-6-9/h2-3,6,12-13H,4-5H2,1H3. The molecule has 0 aliphatic rings. The van der Waals surface area contributed by atoms with Gasteiger partial charge in [0.15, 0.2) is 0 Å². The molecule has 0 amide bonds. The summed E-state index contributed by atoms with van der Waals surface area (Å²) in [7, 11) is -3.59. The van der Waals surface area contributed by atoms with E-state index in [1.807, 2.05) is 0 Å². The van der Waals surface area contributed by atoms with Crippen molar-refractivity contribution in [2.75, 3.05) is 0 Å². The Bertz CT molecular complexity index is 630. The minimum Gasteiger partial charge on any atom is -0.445 e. The van der Waals surface area contributed by atoms with Crippen LogP contribution in [0.15, 0.2) is 27.0 Å². The summed E-state index contributed by atoms with van der Waals surface area (Å²) in [5, 5.41) is 10.4. The Morgan fingerprint density at radius 1 is 1.56 bits per heavy atom. The lowest BCUT2D eigenvalue weighted by Crippen LogP contribution is -2.22. The molecule has 0 aliphatic heterocycles. The van der Waals surface area contributed by atoms with Crippen molar-refractivity contribution in [1.29, 1.82) is 0 Å². The van der Waals surface area contributed by atoms with Gasteiger partial charge in [0.1, 0.15) is 5.76 Å². The van der Waals surface area contributed by atoms with Crippen LogP contribution in [-0.4, -0.2) is 18.5 Å². The van der Waals surface area contributed by atoms with E-state index in [9.17, 15) is 8.42 Å². The lowest BCUT2D eigenvalue weighted by molar-refractivity contribution is 0.285. The second kappa shape index (κ2) is 5.19. The number of aliphatic hydroxyl groups is 1. The minimum absolute atomic E-state index is 0.000475. The zero-order valence-electron chi connectivity index (χ0n) is 9.58. The molecule has 18 heavy (non-hydrogen) atoms. The van der Waals surface area contributed by atoms with Gasteiger partial charge in [0.2, 0.25) is 15.9 Å². The van der Waals surface area contributed by atoms with Crippen LogP contribution in [0.25, 0.3) is 0 Å². The molecule has 98 valence electrons. The van der Waals surface area contributed by atoms with Gasteiger partial charge < -0.3 is 9.52 Å². The molecule has 2 heterocycles. The maximum atomic E-state index is 11.9. The molecule has 0 bridgehead atoms. The Labute approximate surface area is 108 Å². The predicted molar refractivity (Wildman–Crippen MR) is 65.5 cm³/mol. The van der Waals surface area contributed by atoms with Crippen molar-refractivity contribution >= 4 is 21.4 Å². The number of aryl methyl sites for hydroxylation is 1. The van der Waals surface area contributed by atoms with Gasteiger partial charge in [-0.25, -0.2) is 18.1 Å². The lowest BCUT2D eigenvalue weighted by Gasteiger charge is -2.01. The summed E-state index contributed by atoms with van der Waals surface area (Å²) < 4.78 is 31.3. The van der Waals surface area contributed by atoms with Crippen LogP contribution in [0.4, 0.5) is 0 Å². The highest BCUT2D eigenvalue weighted by Gasteiger charge is 2.16. The fraction of sp³-hybridized carbons (Fsp3) is 0.300. The van der Waals surface area contributed by atoms with Crippen molar-refractivity contribution in [2.45, 2.75) is 25.0 Å². The number of aliphatic hydroxyl groups excluding tert-OH is 1. The van der Waals surface area contributed by atoms with Gasteiger partial charge in [-0.3, -0.25) is 0 Å². The van der Waals surface area contributed by atoms with Crippen LogP contribution in [-0.2, 0) is 23.2 Å². The summed E-state index contributed by atoms with van der Waals surface area (Å²) in [6, 6.07) is 1.44. The van der Waals surface area contributed by atoms with Crippen molar-refractivity contribution in [3.63, 3.8) is 0 Å². The third-order valence-electron chi connectivity index (χ3n) is 2.18. The molecule has 0 saturated heterocycles. The first-order valence-corrected chi connectivity index (χ1v) is 7.47. The molecule has 2 aromatic rings. The van der Waals surface area contributed by atoms with Gasteiger partial charge in [0, 0.05) is 10.3 Å². The second-order valence-corrected chi connectivity index (χ2v) is 6.36. The highest BCUT2D eigenvalue weighted by Crippen LogP contribution is 2.19. The van der Waals surface area contributed by atoms with Crippen LogP contribution in [0, 0.1) is 6.92 Å². The Morgan fingerprint density at radius 3 is 2.89 bits per heavy atom. The predicted octanol–water partition coefficient (Wildman–Crippen LogP) is 1.02. The minimum atomic E-state index is -3.59. The summed E-state index contributed by atoms with van der Waals surface area (Å²) in [5.41, 5.74) is 0. The normalized spacial score (nSPS) is 11.9. The fourth-order valence-corrected chi connectivity index (χ4v) is 3.42. The molecular weight excluding hydrogens is 276 g/mol. The maximum absolute atomic E-state index is 11.9. The molecule has 2 aromatic heterocycles. The van der Waals surface area contributed by atoms with Gasteiger partial charge in [0.05, 0.1) is 24.2 Å². The molecule has 8 heteroatoms. The highest BCUT2D eigenvalue weighted by molar-refractivity contribution is 7.89. The van der Waals surface area contributed by atoms with Crippen molar-refractivity contribution in [3.8, 4) is 0 Å². The fourth-order valence-electron chi connectivity index (χ4n) is 1.31. The molecule has 0 spiro atoms. The number of sulfonamides is 1. The van der Waals surface area contributed by atoms with Gasteiger partial charge in [-0.15, -0.1) is 11.3 Å². The average molecular weight is 288 g/mol. The zero-order chi connectivity index (χ0) is 13.2. The van der Waals surface area contributed by atoms with Crippen molar-refractivity contribution < 1.29 is 17.9 Å². The van der Waals surface area contributed by atoms with Crippen molar-refractivity contribution in [3.05, 3.63) is 34.2 Å². The van der Waals surface area contributed by atoms with Crippen LogP contribution in [0.2, 0.25) is 0 Å². The number of nitrogens with one attached hydrogen (secondary N) is 1. The number of aromatic nitrogens is 1. The molecule has 0 unspecified atom stereocenters. The first-order chi connectivity index (χ1) is 8.51. The number of thiophene rings is 1. The Kier molecular flexibility index (Phi) is 3.81. The summed E-state index contributed by atoms with van der Waals surface area (Å²) in [5.74, 6) is 0.941. The number of hydrogen-bond acceptors (Lipinski definition) is 6. The average Bonchev–Trinajstić information content (AvgIpc) is 2.95. The van der Waals surface area contributed by atoms with Crippen LogP contribution in [0.3, 0.4) is 0 Å². The summed E-state index contributed by atoms with van der Waals surface area (Å²) in [4.78, 5) is 4.64. The highest BCUT2D eigenvalue weighted by atomic mass is 32.2. The third-order valence-corrected chi connectivity index (χ3v) is 4.63. The number of oxazole rings is 1. The van der Waals surface area contributed by atoms with E-state index < -0.39 is 10.0 Å². The molecule has 0 atom stereocenters. The van der Waals surface area contributed by atoms with Crippen LogP contribution < -0.4 is 4.72 Å². The molecule has 0 aliphatic carbocycles. The largest absolute Gasteiger partial charge is 0.445 e. The van der Waals surface area contributed by atoms with E-state index in [1.165, 1.54) is 29.0 Å². The van der Waals surface area contributed by atoms with E-state index >= 15 is 0 Å². The number of rotatable bonds is 5. The molecular formula is C10H12N2O4S2. The van der Waals surface area contributed by atoms with Crippen LogP contribution in [0.5, 0.6) is 0 Å². The van der Waals surface area contributed by atoms with Crippen molar-refractivity contribution in [2.24, 2.45) is 0 Å². The van der Waals surface area contributed by atoms with E-state index in [-0.39, 0.29) is 18.0 Å². The summed E-state index contributed by atoms with van der Waals surface area (Å²) in [6.45, 7) is 1.57.